The van der Waals surface area contributed by atoms with Gasteiger partial charge in [0.05, 0.1) is 29.9 Å². The summed E-state index contributed by atoms with van der Waals surface area (Å²) in [5.41, 5.74) is 6.13. The minimum Gasteiger partial charge on any atom is -0.393 e. The van der Waals surface area contributed by atoms with E-state index in [1.807, 2.05) is 39.3 Å². The standard InChI is InChI=1S/C24H28FN5O/c1-14-5-16(10-27-18-7-19(31)8-18)6-21(25)24(14)22-9-20(23(26-3)12-28-22)15(2)17-11-29-30(4)13-17/h5-6,9,11-13,18-19,26-27,31H,2,7-8,10H2,1,3-4H3. The predicted molar refractivity (Wildman–Crippen MR) is 121 cm³/mol. The zero-order chi connectivity index (χ0) is 22.1. The van der Waals surface area contributed by atoms with Crippen LogP contribution in [0.2, 0.25) is 0 Å². The van der Waals surface area contributed by atoms with Crippen LogP contribution in [0, 0.1) is 12.7 Å². The molecule has 0 amide bonds. The van der Waals surface area contributed by atoms with Crippen LogP contribution in [0.5, 0.6) is 0 Å². The van der Waals surface area contributed by atoms with Gasteiger partial charge in [-0.05, 0) is 48.6 Å². The van der Waals surface area contributed by atoms with Gasteiger partial charge in [-0.1, -0.05) is 12.6 Å². The van der Waals surface area contributed by atoms with Crippen LogP contribution in [0.25, 0.3) is 16.8 Å². The van der Waals surface area contributed by atoms with Crippen molar-refractivity contribution in [2.75, 3.05) is 12.4 Å². The van der Waals surface area contributed by atoms with E-state index in [1.54, 1.807) is 23.1 Å². The molecular weight excluding hydrogens is 393 g/mol. The third-order valence-electron chi connectivity index (χ3n) is 5.86. The molecule has 1 aliphatic rings. The number of rotatable bonds is 7. The van der Waals surface area contributed by atoms with Gasteiger partial charge in [0.1, 0.15) is 5.82 Å². The van der Waals surface area contributed by atoms with Crippen LogP contribution in [0.1, 0.15) is 35.1 Å². The van der Waals surface area contributed by atoms with Crippen molar-refractivity contribution in [3.05, 3.63) is 71.4 Å². The highest BCUT2D eigenvalue weighted by atomic mass is 19.1. The van der Waals surface area contributed by atoms with Gasteiger partial charge in [0, 0.05) is 49.6 Å². The van der Waals surface area contributed by atoms with Gasteiger partial charge in [0.25, 0.3) is 0 Å². The van der Waals surface area contributed by atoms with E-state index in [4.69, 9.17) is 0 Å². The summed E-state index contributed by atoms with van der Waals surface area (Å²) in [7, 11) is 3.68. The molecule has 2 aromatic heterocycles. The highest BCUT2D eigenvalue weighted by molar-refractivity contribution is 5.86. The predicted octanol–water partition coefficient (Wildman–Crippen LogP) is 3.65. The molecule has 1 aliphatic carbocycles. The Morgan fingerprint density at radius 2 is 2.06 bits per heavy atom. The number of aliphatic hydroxyl groups is 1. The van der Waals surface area contributed by atoms with E-state index in [2.05, 4.69) is 27.3 Å². The molecule has 7 heteroatoms. The lowest BCUT2D eigenvalue weighted by Crippen LogP contribution is -2.43. The van der Waals surface area contributed by atoms with Crippen LogP contribution in [-0.2, 0) is 13.6 Å². The quantitative estimate of drug-likeness (QED) is 0.543. The minimum absolute atomic E-state index is 0.208. The van der Waals surface area contributed by atoms with Gasteiger partial charge in [-0.2, -0.15) is 5.10 Å². The molecule has 0 atom stereocenters. The molecule has 0 aliphatic heterocycles. The van der Waals surface area contributed by atoms with Crippen LogP contribution < -0.4 is 10.6 Å². The maximum absolute atomic E-state index is 15.2. The molecule has 0 radical (unpaired) electrons. The van der Waals surface area contributed by atoms with E-state index in [1.165, 1.54) is 0 Å². The summed E-state index contributed by atoms with van der Waals surface area (Å²) in [5, 5.41) is 20.1. The maximum Gasteiger partial charge on any atom is 0.133 e. The van der Waals surface area contributed by atoms with Crippen LogP contribution in [-0.4, -0.2) is 39.1 Å². The van der Waals surface area contributed by atoms with Gasteiger partial charge in [0.15, 0.2) is 0 Å². The fourth-order valence-corrected chi connectivity index (χ4v) is 4.03. The first-order valence-corrected chi connectivity index (χ1v) is 10.4. The number of halogens is 1. The number of benzene rings is 1. The van der Waals surface area contributed by atoms with E-state index >= 15 is 4.39 Å². The highest BCUT2D eigenvalue weighted by Crippen LogP contribution is 2.33. The van der Waals surface area contributed by atoms with Crippen LogP contribution in [0.15, 0.2) is 43.4 Å². The lowest BCUT2D eigenvalue weighted by atomic mass is 9.89. The number of pyridine rings is 1. The first-order chi connectivity index (χ1) is 14.9. The number of nitrogens with zero attached hydrogens (tertiary/aromatic N) is 3. The molecule has 4 rings (SSSR count). The Morgan fingerprint density at radius 3 is 2.68 bits per heavy atom. The molecule has 0 unspecified atom stereocenters. The second-order valence-corrected chi connectivity index (χ2v) is 8.22. The molecule has 6 nitrogen and oxygen atoms in total. The highest BCUT2D eigenvalue weighted by Gasteiger charge is 2.26. The molecule has 3 N–H and O–H groups in total. The SMILES string of the molecule is C=C(c1cnn(C)c1)c1cc(-c2c(C)cc(CNC3CC(O)C3)cc2F)ncc1NC. The van der Waals surface area contributed by atoms with Crippen molar-refractivity contribution in [1.82, 2.24) is 20.1 Å². The fourth-order valence-electron chi connectivity index (χ4n) is 4.03. The number of hydrogen-bond donors (Lipinski definition) is 3. The van der Waals surface area contributed by atoms with Crippen molar-refractivity contribution in [3.63, 3.8) is 0 Å². The van der Waals surface area contributed by atoms with Crippen molar-refractivity contribution in [1.29, 1.82) is 0 Å². The third-order valence-corrected chi connectivity index (χ3v) is 5.86. The summed E-state index contributed by atoms with van der Waals surface area (Å²) < 4.78 is 16.9. The molecule has 0 saturated heterocycles. The molecule has 1 fully saturated rings. The van der Waals surface area contributed by atoms with Crippen LogP contribution in [0.3, 0.4) is 0 Å². The molecule has 1 saturated carbocycles. The zero-order valence-corrected chi connectivity index (χ0v) is 18.1. The van der Waals surface area contributed by atoms with E-state index < -0.39 is 0 Å². The largest absolute Gasteiger partial charge is 0.393 e. The number of anilines is 1. The first-order valence-electron chi connectivity index (χ1n) is 10.4. The summed E-state index contributed by atoms with van der Waals surface area (Å²) in [6.45, 7) is 6.70. The molecule has 2 heterocycles. The molecule has 31 heavy (non-hydrogen) atoms. The number of aromatic nitrogens is 3. The van der Waals surface area contributed by atoms with Crippen molar-refractivity contribution in [2.45, 2.75) is 38.5 Å². The molecular formula is C24H28FN5O. The lowest BCUT2D eigenvalue weighted by molar-refractivity contribution is 0.0619. The molecule has 3 aromatic rings. The summed E-state index contributed by atoms with van der Waals surface area (Å²) in [5.74, 6) is -0.298. The normalized spacial score (nSPS) is 18.0. The van der Waals surface area contributed by atoms with Crippen molar-refractivity contribution in [2.24, 2.45) is 7.05 Å². The number of aliphatic hydroxyl groups excluding tert-OH is 1. The van der Waals surface area contributed by atoms with E-state index in [9.17, 15) is 5.11 Å². The molecule has 1 aromatic carbocycles. The maximum atomic E-state index is 15.2. The Morgan fingerprint density at radius 1 is 1.29 bits per heavy atom. The van der Waals surface area contributed by atoms with Crippen LogP contribution >= 0.6 is 0 Å². The Labute approximate surface area is 181 Å². The average Bonchev–Trinajstić information content (AvgIpc) is 3.15. The van der Waals surface area contributed by atoms with Gasteiger partial charge in [0.2, 0.25) is 0 Å². The second-order valence-electron chi connectivity index (χ2n) is 8.22. The van der Waals surface area contributed by atoms with Crippen LogP contribution in [0.4, 0.5) is 10.1 Å². The first kappa shape index (κ1) is 21.2. The molecule has 0 bridgehead atoms. The Bertz CT molecular complexity index is 1090. The summed E-state index contributed by atoms with van der Waals surface area (Å²) in [6, 6.07) is 5.73. The molecule has 162 valence electrons. The number of nitrogens with one attached hydrogen (secondary N) is 2. The monoisotopic (exact) mass is 421 g/mol. The molecule has 0 spiro atoms. The van der Waals surface area contributed by atoms with Crippen molar-refractivity contribution in [3.8, 4) is 11.3 Å². The number of aryl methyl sites for hydroxylation is 2. The Kier molecular flexibility index (Phi) is 5.89. The van der Waals surface area contributed by atoms with Crippen molar-refractivity contribution < 1.29 is 9.50 Å². The van der Waals surface area contributed by atoms with E-state index in [0.717, 1.165) is 46.4 Å². The zero-order valence-electron chi connectivity index (χ0n) is 18.1. The van der Waals surface area contributed by atoms with Crippen molar-refractivity contribution >= 4 is 11.3 Å². The number of hydrogen-bond acceptors (Lipinski definition) is 5. The van der Waals surface area contributed by atoms with Gasteiger partial charge in [-0.15, -0.1) is 0 Å². The third kappa shape index (κ3) is 4.38. The van der Waals surface area contributed by atoms with E-state index in [0.29, 0.717) is 23.8 Å². The smallest absolute Gasteiger partial charge is 0.133 e. The fraction of sp³-hybridized carbons (Fsp3) is 0.333. The topological polar surface area (TPSA) is 75.0 Å². The Hall–Kier alpha value is -3.03. The van der Waals surface area contributed by atoms with E-state index in [-0.39, 0.29) is 11.9 Å². The minimum atomic E-state index is -0.298. The van der Waals surface area contributed by atoms with Gasteiger partial charge < -0.3 is 15.7 Å². The Balaban J connectivity index is 1.63. The summed E-state index contributed by atoms with van der Waals surface area (Å²) in [6.07, 6.45) is 6.67. The average molecular weight is 422 g/mol. The summed E-state index contributed by atoms with van der Waals surface area (Å²) in [4.78, 5) is 4.51. The van der Waals surface area contributed by atoms with Gasteiger partial charge in [-0.3, -0.25) is 9.67 Å². The summed E-state index contributed by atoms with van der Waals surface area (Å²) >= 11 is 0. The van der Waals surface area contributed by atoms with Gasteiger partial charge >= 0.3 is 0 Å². The lowest BCUT2D eigenvalue weighted by Gasteiger charge is -2.32. The second kappa shape index (κ2) is 8.61. The van der Waals surface area contributed by atoms with Gasteiger partial charge in [-0.25, -0.2) is 4.39 Å².